The molecule has 0 aliphatic carbocycles. The summed E-state index contributed by atoms with van der Waals surface area (Å²) in [5, 5.41) is 11.6. The van der Waals surface area contributed by atoms with E-state index in [2.05, 4.69) is 55.7 Å². The van der Waals surface area contributed by atoms with E-state index in [0.717, 1.165) is 19.6 Å². The number of likely N-dealkylation sites (tertiary alicyclic amines) is 1. The van der Waals surface area contributed by atoms with Crippen LogP contribution in [0.3, 0.4) is 0 Å². The number of tetrazole rings is 1. The van der Waals surface area contributed by atoms with Crippen molar-refractivity contribution in [3.63, 3.8) is 0 Å². The zero-order chi connectivity index (χ0) is 18.7. The van der Waals surface area contributed by atoms with E-state index in [1.165, 1.54) is 18.4 Å². The SMILES string of the molecule is O=C(c1ccc2nnnn2c1)N1C[C@H](c2ccccc2)[C@H]2[C@@H]1C1CCN2CC1. The molecule has 3 aromatic rings. The lowest BCUT2D eigenvalue weighted by Gasteiger charge is -2.51. The average molecular weight is 374 g/mol. The Morgan fingerprint density at radius 3 is 2.64 bits per heavy atom. The number of benzene rings is 1. The van der Waals surface area contributed by atoms with Crippen LogP contribution >= 0.6 is 0 Å². The molecule has 4 aliphatic heterocycles. The van der Waals surface area contributed by atoms with Crippen LogP contribution in [0.1, 0.15) is 34.7 Å². The maximum atomic E-state index is 13.5. The Morgan fingerprint density at radius 1 is 1.00 bits per heavy atom. The van der Waals surface area contributed by atoms with E-state index in [-0.39, 0.29) is 5.91 Å². The Morgan fingerprint density at radius 2 is 1.82 bits per heavy atom. The number of aromatic nitrogens is 4. The van der Waals surface area contributed by atoms with Crippen LogP contribution in [0.5, 0.6) is 0 Å². The molecule has 4 aliphatic rings. The summed E-state index contributed by atoms with van der Waals surface area (Å²) in [6.45, 7) is 3.10. The van der Waals surface area contributed by atoms with Gasteiger partial charge in [0.15, 0.2) is 5.65 Å². The van der Waals surface area contributed by atoms with Gasteiger partial charge < -0.3 is 4.90 Å². The number of amides is 1. The van der Waals surface area contributed by atoms with Crippen LogP contribution in [-0.4, -0.2) is 67.5 Å². The quantitative estimate of drug-likeness (QED) is 0.685. The van der Waals surface area contributed by atoms with Crippen LogP contribution in [0.25, 0.3) is 5.65 Å². The molecule has 4 fully saturated rings. The van der Waals surface area contributed by atoms with Crippen LogP contribution in [0.15, 0.2) is 48.7 Å². The fourth-order valence-corrected chi connectivity index (χ4v) is 5.68. The smallest absolute Gasteiger partial charge is 0.255 e. The van der Waals surface area contributed by atoms with Crippen molar-refractivity contribution >= 4 is 11.6 Å². The number of carbonyl (C=O) groups excluding carboxylic acids is 1. The van der Waals surface area contributed by atoms with E-state index in [1.807, 2.05) is 12.1 Å². The number of piperidine rings is 3. The van der Waals surface area contributed by atoms with Crippen molar-refractivity contribution in [1.82, 2.24) is 29.8 Å². The molecule has 142 valence electrons. The van der Waals surface area contributed by atoms with Crippen molar-refractivity contribution in [2.24, 2.45) is 5.92 Å². The summed E-state index contributed by atoms with van der Waals surface area (Å²) in [4.78, 5) is 18.3. The molecule has 1 aromatic carbocycles. The van der Waals surface area contributed by atoms with Crippen molar-refractivity contribution < 1.29 is 4.79 Å². The first-order valence-corrected chi connectivity index (χ1v) is 10.1. The third-order valence-corrected chi connectivity index (χ3v) is 6.92. The molecule has 0 spiro atoms. The number of carbonyl (C=O) groups is 1. The number of nitrogens with zero attached hydrogens (tertiary/aromatic N) is 6. The fourth-order valence-electron chi connectivity index (χ4n) is 5.68. The summed E-state index contributed by atoms with van der Waals surface area (Å²) >= 11 is 0. The van der Waals surface area contributed by atoms with Gasteiger partial charge >= 0.3 is 0 Å². The predicted octanol–water partition coefficient (Wildman–Crippen LogP) is 1.83. The minimum Gasteiger partial charge on any atom is -0.333 e. The Labute approximate surface area is 162 Å². The molecule has 2 bridgehead atoms. The van der Waals surface area contributed by atoms with Crippen LogP contribution in [0.2, 0.25) is 0 Å². The fraction of sp³-hybridized carbons (Fsp3) is 0.429. The van der Waals surface area contributed by atoms with E-state index >= 15 is 0 Å². The second-order valence-electron chi connectivity index (χ2n) is 8.23. The number of hydrogen-bond donors (Lipinski definition) is 0. The second-order valence-corrected chi connectivity index (χ2v) is 8.23. The Hall–Kier alpha value is -2.80. The third kappa shape index (κ3) is 2.32. The highest BCUT2D eigenvalue weighted by atomic mass is 16.2. The molecule has 7 nitrogen and oxygen atoms in total. The lowest BCUT2D eigenvalue weighted by atomic mass is 9.75. The molecular formula is C21H22N6O. The average Bonchev–Trinajstić information content (AvgIpc) is 3.40. The monoisotopic (exact) mass is 374 g/mol. The molecule has 0 saturated carbocycles. The Bertz CT molecular complexity index is 1030. The van der Waals surface area contributed by atoms with E-state index < -0.39 is 0 Å². The summed E-state index contributed by atoms with van der Waals surface area (Å²) in [5.74, 6) is 1.07. The topological polar surface area (TPSA) is 66.6 Å². The molecule has 7 rings (SSSR count). The molecule has 7 heteroatoms. The minimum absolute atomic E-state index is 0.0968. The van der Waals surface area contributed by atoms with E-state index in [1.54, 1.807) is 10.7 Å². The summed E-state index contributed by atoms with van der Waals surface area (Å²) in [5.41, 5.74) is 2.65. The van der Waals surface area contributed by atoms with E-state index in [0.29, 0.717) is 35.1 Å². The van der Waals surface area contributed by atoms with Crippen LogP contribution in [-0.2, 0) is 0 Å². The summed E-state index contributed by atoms with van der Waals surface area (Å²) in [6, 6.07) is 15.1. The first-order chi connectivity index (χ1) is 13.8. The highest BCUT2D eigenvalue weighted by Gasteiger charge is 2.54. The van der Waals surface area contributed by atoms with Crippen LogP contribution in [0.4, 0.5) is 0 Å². The van der Waals surface area contributed by atoms with Crippen molar-refractivity contribution in [2.45, 2.75) is 30.8 Å². The van der Waals surface area contributed by atoms with Crippen LogP contribution < -0.4 is 0 Å². The van der Waals surface area contributed by atoms with Gasteiger partial charge in [0.1, 0.15) is 0 Å². The third-order valence-electron chi connectivity index (χ3n) is 6.92. The molecule has 3 atom stereocenters. The van der Waals surface area contributed by atoms with Gasteiger partial charge in [-0.25, -0.2) is 0 Å². The standard InChI is InChI=1S/C21H22N6O/c28-21(16-6-7-18-22-23-24-27(18)12-16)26-13-17(14-4-2-1-3-5-14)20-19(26)15-8-10-25(20)11-9-15/h1-7,12,15,17,19-20H,8-11,13H2/t17-,19+,20+/m1/s1. The van der Waals surface area contributed by atoms with Gasteiger partial charge in [-0.1, -0.05) is 30.3 Å². The van der Waals surface area contributed by atoms with Gasteiger partial charge in [0.25, 0.3) is 5.91 Å². The largest absolute Gasteiger partial charge is 0.333 e. The molecule has 2 aromatic heterocycles. The van der Waals surface area contributed by atoms with Gasteiger partial charge in [0.2, 0.25) is 0 Å². The van der Waals surface area contributed by atoms with Crippen molar-refractivity contribution in [3.05, 3.63) is 59.8 Å². The van der Waals surface area contributed by atoms with Gasteiger partial charge in [-0.3, -0.25) is 9.69 Å². The molecule has 0 radical (unpaired) electrons. The number of rotatable bonds is 2. The summed E-state index contributed by atoms with van der Waals surface area (Å²) in [7, 11) is 0. The van der Waals surface area contributed by atoms with Gasteiger partial charge in [0.05, 0.1) is 11.6 Å². The molecular weight excluding hydrogens is 352 g/mol. The maximum absolute atomic E-state index is 13.5. The molecule has 6 heterocycles. The van der Waals surface area contributed by atoms with Crippen molar-refractivity contribution in [1.29, 1.82) is 0 Å². The number of hydrogen-bond acceptors (Lipinski definition) is 5. The van der Waals surface area contributed by atoms with Gasteiger partial charge in [-0.2, -0.15) is 4.52 Å². The van der Waals surface area contributed by atoms with Gasteiger partial charge in [0, 0.05) is 24.7 Å². The second kappa shape index (κ2) is 6.10. The predicted molar refractivity (Wildman–Crippen MR) is 103 cm³/mol. The molecule has 28 heavy (non-hydrogen) atoms. The lowest BCUT2D eigenvalue weighted by molar-refractivity contribution is -0.00342. The zero-order valence-corrected chi connectivity index (χ0v) is 15.6. The molecule has 0 unspecified atom stereocenters. The Balaban J connectivity index is 1.39. The lowest BCUT2D eigenvalue weighted by Crippen LogP contribution is -2.60. The van der Waals surface area contributed by atoms with Crippen molar-refractivity contribution in [3.8, 4) is 0 Å². The minimum atomic E-state index is 0.0968. The van der Waals surface area contributed by atoms with Crippen molar-refractivity contribution in [2.75, 3.05) is 19.6 Å². The summed E-state index contributed by atoms with van der Waals surface area (Å²) in [6.07, 6.45) is 4.14. The summed E-state index contributed by atoms with van der Waals surface area (Å²) < 4.78 is 1.58. The van der Waals surface area contributed by atoms with Crippen LogP contribution in [0, 0.1) is 5.92 Å². The first-order valence-electron chi connectivity index (χ1n) is 10.1. The zero-order valence-electron chi connectivity index (χ0n) is 15.6. The number of pyridine rings is 1. The molecule has 0 N–H and O–H groups in total. The van der Waals surface area contributed by atoms with Gasteiger partial charge in [-0.15, -0.1) is 5.10 Å². The number of fused-ring (bicyclic) bond motifs is 3. The Kier molecular flexibility index (Phi) is 3.53. The normalized spacial score (nSPS) is 31.3. The molecule has 1 amide bonds. The highest BCUT2D eigenvalue weighted by Crippen LogP contribution is 2.46. The molecule has 4 saturated heterocycles. The van der Waals surface area contributed by atoms with Gasteiger partial charge in [-0.05, 0) is 60.0 Å². The maximum Gasteiger partial charge on any atom is 0.255 e. The first kappa shape index (κ1) is 16.2. The van der Waals surface area contributed by atoms with E-state index in [9.17, 15) is 4.79 Å². The van der Waals surface area contributed by atoms with E-state index in [4.69, 9.17) is 0 Å². The highest BCUT2D eigenvalue weighted by molar-refractivity contribution is 5.95.